The molecule has 23 heavy (non-hydrogen) atoms. The van der Waals surface area contributed by atoms with Crippen molar-refractivity contribution in [3.8, 4) is 0 Å². The van der Waals surface area contributed by atoms with Crippen LogP contribution in [0.3, 0.4) is 0 Å². The van der Waals surface area contributed by atoms with Crippen LogP contribution in [0.25, 0.3) is 10.9 Å². The van der Waals surface area contributed by atoms with E-state index in [4.69, 9.17) is 11.6 Å². The standard InChI is InChI=1S/C18H24ClN3O/c1-2-4-18(23)20-8-3-9-22-10-7-14-15-11-13(19)5-6-16(15)21-17(14)12-22/h5-6,11,21H,2-4,7-10,12H2,1H3,(H,20,23)/p+1. The minimum atomic E-state index is 0.177. The van der Waals surface area contributed by atoms with Crippen LogP contribution in [-0.2, 0) is 17.8 Å². The van der Waals surface area contributed by atoms with Crippen molar-refractivity contribution in [1.82, 2.24) is 10.3 Å². The fourth-order valence-electron chi connectivity index (χ4n) is 3.45. The van der Waals surface area contributed by atoms with Crippen molar-refractivity contribution in [2.45, 2.75) is 39.2 Å². The number of quaternary nitrogens is 1. The first-order valence-corrected chi connectivity index (χ1v) is 8.94. The van der Waals surface area contributed by atoms with Crippen molar-refractivity contribution in [3.63, 3.8) is 0 Å². The fraction of sp³-hybridized carbons (Fsp3) is 0.500. The number of halogens is 1. The number of fused-ring (bicyclic) bond motifs is 3. The monoisotopic (exact) mass is 334 g/mol. The normalized spacial score (nSPS) is 17.2. The quantitative estimate of drug-likeness (QED) is 0.696. The predicted molar refractivity (Wildman–Crippen MR) is 93.9 cm³/mol. The summed E-state index contributed by atoms with van der Waals surface area (Å²) < 4.78 is 0. The van der Waals surface area contributed by atoms with Crippen LogP contribution in [-0.4, -0.2) is 30.5 Å². The molecule has 2 heterocycles. The number of carbonyl (C=O) groups excluding carboxylic acids is 1. The van der Waals surface area contributed by atoms with Gasteiger partial charge in [-0.1, -0.05) is 18.5 Å². The molecule has 1 atom stereocenters. The van der Waals surface area contributed by atoms with Gasteiger partial charge >= 0.3 is 0 Å². The Hall–Kier alpha value is -1.52. The molecule has 1 amide bonds. The molecule has 1 aliphatic rings. The van der Waals surface area contributed by atoms with Crippen molar-refractivity contribution >= 4 is 28.4 Å². The summed E-state index contributed by atoms with van der Waals surface area (Å²) in [6, 6.07) is 6.08. The number of amides is 1. The summed E-state index contributed by atoms with van der Waals surface area (Å²) in [7, 11) is 0. The van der Waals surface area contributed by atoms with E-state index in [1.165, 1.54) is 22.2 Å². The average Bonchev–Trinajstić information content (AvgIpc) is 2.89. The van der Waals surface area contributed by atoms with Gasteiger partial charge in [0.15, 0.2) is 0 Å². The van der Waals surface area contributed by atoms with E-state index in [1.807, 2.05) is 13.0 Å². The lowest BCUT2D eigenvalue weighted by atomic mass is 10.0. The third-order valence-corrected chi connectivity index (χ3v) is 4.85. The maximum atomic E-state index is 11.5. The molecular weight excluding hydrogens is 310 g/mol. The largest absolute Gasteiger partial charge is 0.356 e. The molecule has 3 N–H and O–H groups in total. The molecule has 5 heteroatoms. The van der Waals surface area contributed by atoms with Gasteiger partial charge in [-0.3, -0.25) is 4.79 Å². The van der Waals surface area contributed by atoms with Crippen molar-refractivity contribution in [2.24, 2.45) is 0 Å². The highest BCUT2D eigenvalue weighted by atomic mass is 35.5. The van der Waals surface area contributed by atoms with Crippen LogP contribution in [0, 0.1) is 0 Å². The number of hydrogen-bond donors (Lipinski definition) is 3. The molecule has 1 aliphatic heterocycles. The summed E-state index contributed by atoms with van der Waals surface area (Å²) in [4.78, 5) is 16.6. The molecule has 4 nitrogen and oxygen atoms in total. The van der Waals surface area contributed by atoms with Gasteiger partial charge in [0, 0.05) is 41.7 Å². The van der Waals surface area contributed by atoms with Crippen LogP contribution < -0.4 is 10.2 Å². The van der Waals surface area contributed by atoms with E-state index in [0.717, 1.165) is 50.5 Å². The molecule has 1 aromatic carbocycles. The number of benzene rings is 1. The molecule has 0 spiro atoms. The third-order valence-electron chi connectivity index (χ3n) is 4.62. The Labute approximate surface area is 142 Å². The van der Waals surface area contributed by atoms with Crippen molar-refractivity contribution in [2.75, 3.05) is 19.6 Å². The first-order chi connectivity index (χ1) is 11.2. The summed E-state index contributed by atoms with van der Waals surface area (Å²) >= 11 is 6.13. The van der Waals surface area contributed by atoms with Crippen molar-refractivity contribution in [1.29, 1.82) is 0 Å². The van der Waals surface area contributed by atoms with Crippen LogP contribution in [0.4, 0.5) is 0 Å². The van der Waals surface area contributed by atoms with E-state index in [2.05, 4.69) is 22.4 Å². The van der Waals surface area contributed by atoms with Gasteiger partial charge in [0.05, 0.1) is 18.8 Å². The average molecular weight is 335 g/mol. The van der Waals surface area contributed by atoms with E-state index in [0.29, 0.717) is 6.42 Å². The van der Waals surface area contributed by atoms with Crippen LogP contribution in [0.2, 0.25) is 5.02 Å². The minimum Gasteiger partial charge on any atom is -0.356 e. The number of aromatic amines is 1. The zero-order valence-corrected chi connectivity index (χ0v) is 14.4. The predicted octanol–water partition coefficient (Wildman–Crippen LogP) is 2.07. The molecule has 0 aliphatic carbocycles. The summed E-state index contributed by atoms with van der Waals surface area (Å²) in [5, 5.41) is 5.07. The first-order valence-electron chi connectivity index (χ1n) is 8.56. The van der Waals surface area contributed by atoms with Gasteiger partial charge in [-0.15, -0.1) is 0 Å². The van der Waals surface area contributed by atoms with Gasteiger partial charge in [-0.05, 0) is 30.2 Å². The van der Waals surface area contributed by atoms with Gasteiger partial charge in [0.2, 0.25) is 5.91 Å². The summed E-state index contributed by atoms with van der Waals surface area (Å²) in [5.41, 5.74) is 3.97. The molecule has 2 aromatic rings. The molecule has 124 valence electrons. The molecule has 3 rings (SSSR count). The molecular formula is C18H25ClN3O+. The number of rotatable bonds is 6. The SMILES string of the molecule is CCCC(=O)NCCC[NH+]1CCc2c([nH]c3ccc(Cl)cc23)C1. The van der Waals surface area contributed by atoms with E-state index in [9.17, 15) is 4.79 Å². The van der Waals surface area contributed by atoms with E-state index < -0.39 is 0 Å². The molecule has 0 fully saturated rings. The number of H-pyrrole nitrogens is 1. The fourth-order valence-corrected chi connectivity index (χ4v) is 3.62. The van der Waals surface area contributed by atoms with Gasteiger partial charge in [-0.25, -0.2) is 0 Å². The Bertz CT molecular complexity index is 695. The second-order valence-corrected chi connectivity index (χ2v) is 6.84. The number of carbonyl (C=O) groups is 1. The van der Waals surface area contributed by atoms with E-state index >= 15 is 0 Å². The zero-order valence-electron chi connectivity index (χ0n) is 13.7. The van der Waals surface area contributed by atoms with Crippen LogP contribution in [0.15, 0.2) is 18.2 Å². The first kappa shape index (κ1) is 16.3. The Morgan fingerprint density at radius 2 is 2.30 bits per heavy atom. The second kappa shape index (κ2) is 7.37. The molecule has 1 aromatic heterocycles. The number of nitrogens with one attached hydrogen (secondary N) is 3. The van der Waals surface area contributed by atoms with E-state index in [-0.39, 0.29) is 5.91 Å². The lowest BCUT2D eigenvalue weighted by Crippen LogP contribution is -3.11. The smallest absolute Gasteiger partial charge is 0.219 e. The van der Waals surface area contributed by atoms with Crippen LogP contribution in [0.1, 0.15) is 37.4 Å². The van der Waals surface area contributed by atoms with Crippen molar-refractivity contribution < 1.29 is 9.69 Å². The Kier molecular flexibility index (Phi) is 5.23. The van der Waals surface area contributed by atoms with Crippen molar-refractivity contribution in [3.05, 3.63) is 34.5 Å². The maximum absolute atomic E-state index is 11.5. The second-order valence-electron chi connectivity index (χ2n) is 6.40. The Morgan fingerprint density at radius 1 is 1.43 bits per heavy atom. The molecule has 0 saturated heterocycles. The lowest BCUT2D eigenvalue weighted by molar-refractivity contribution is -0.916. The zero-order chi connectivity index (χ0) is 16.2. The topological polar surface area (TPSA) is 49.3 Å². The molecule has 0 bridgehead atoms. The van der Waals surface area contributed by atoms with Crippen LogP contribution >= 0.6 is 11.6 Å². The molecule has 0 saturated carbocycles. The Balaban J connectivity index is 1.54. The minimum absolute atomic E-state index is 0.177. The third kappa shape index (κ3) is 3.88. The van der Waals surface area contributed by atoms with Gasteiger partial charge in [0.1, 0.15) is 6.54 Å². The summed E-state index contributed by atoms with van der Waals surface area (Å²) in [5.74, 6) is 0.177. The molecule has 0 radical (unpaired) electrons. The van der Waals surface area contributed by atoms with Crippen LogP contribution in [0.5, 0.6) is 0 Å². The van der Waals surface area contributed by atoms with E-state index in [1.54, 1.807) is 4.90 Å². The highest BCUT2D eigenvalue weighted by Crippen LogP contribution is 2.26. The highest BCUT2D eigenvalue weighted by molar-refractivity contribution is 6.31. The van der Waals surface area contributed by atoms with Gasteiger partial charge in [-0.2, -0.15) is 0 Å². The number of hydrogen-bond acceptors (Lipinski definition) is 1. The number of aromatic nitrogens is 1. The lowest BCUT2D eigenvalue weighted by Gasteiger charge is -2.24. The molecule has 1 unspecified atom stereocenters. The summed E-state index contributed by atoms with van der Waals surface area (Å²) in [6.07, 6.45) is 3.67. The maximum Gasteiger partial charge on any atom is 0.219 e. The Morgan fingerprint density at radius 3 is 3.13 bits per heavy atom. The van der Waals surface area contributed by atoms with Gasteiger partial charge in [0.25, 0.3) is 0 Å². The highest BCUT2D eigenvalue weighted by Gasteiger charge is 2.23. The summed E-state index contributed by atoms with van der Waals surface area (Å²) in [6.45, 7) is 6.10. The van der Waals surface area contributed by atoms with Gasteiger partial charge < -0.3 is 15.2 Å².